The number of aryl methyl sites for hydroxylation is 1. The minimum atomic E-state index is -0.233. The minimum Gasteiger partial charge on any atom is -0.378 e. The summed E-state index contributed by atoms with van der Waals surface area (Å²) >= 11 is 0. The number of hydrogen-bond donors (Lipinski definition) is 0. The highest BCUT2D eigenvalue weighted by atomic mass is 16.1. The average molecular weight is 359 g/mol. The second kappa shape index (κ2) is 6.20. The molecule has 27 heavy (non-hydrogen) atoms. The third kappa shape index (κ3) is 2.50. The van der Waals surface area contributed by atoms with E-state index in [0.29, 0.717) is 23.3 Å². The first-order chi connectivity index (χ1) is 12.9. The Kier molecular flexibility index (Phi) is 3.95. The van der Waals surface area contributed by atoms with E-state index in [1.165, 1.54) is 6.92 Å². The van der Waals surface area contributed by atoms with Gasteiger partial charge >= 0.3 is 0 Å². The van der Waals surface area contributed by atoms with Crippen LogP contribution in [0.5, 0.6) is 0 Å². The molecule has 0 radical (unpaired) electrons. The molecule has 0 atom stereocenters. The van der Waals surface area contributed by atoms with E-state index in [4.69, 9.17) is 4.98 Å². The Balaban J connectivity index is 2.31. The van der Waals surface area contributed by atoms with E-state index < -0.39 is 0 Å². The van der Waals surface area contributed by atoms with Crippen molar-refractivity contribution in [3.05, 3.63) is 58.3 Å². The van der Waals surface area contributed by atoms with Crippen LogP contribution in [0.15, 0.2) is 47.3 Å². The highest BCUT2D eigenvalue weighted by Crippen LogP contribution is 2.34. The zero-order valence-electron chi connectivity index (χ0n) is 15.9. The van der Waals surface area contributed by atoms with Crippen LogP contribution in [0.25, 0.3) is 33.2 Å². The molecule has 5 heteroatoms. The monoisotopic (exact) mass is 359 g/mol. The number of nitrogens with zero attached hydrogens (tertiary/aromatic N) is 3. The molecule has 2 aliphatic rings. The van der Waals surface area contributed by atoms with Gasteiger partial charge in [-0.15, -0.1) is 0 Å². The number of aromatic nitrogens is 2. The van der Waals surface area contributed by atoms with E-state index in [1.807, 2.05) is 60.8 Å². The number of carbonyl (C=O) groups is 1. The number of rotatable bonds is 3. The Morgan fingerprint density at radius 2 is 1.81 bits per heavy atom. The van der Waals surface area contributed by atoms with Gasteiger partial charge in [0.15, 0.2) is 11.2 Å². The van der Waals surface area contributed by atoms with Crippen LogP contribution in [0.3, 0.4) is 0 Å². The largest absolute Gasteiger partial charge is 0.378 e. The third-order valence-electron chi connectivity index (χ3n) is 5.05. The number of carbonyl (C=O) groups excluding carboxylic acids is 1. The topological polar surface area (TPSA) is 55.2 Å². The molecule has 0 aromatic heterocycles. The minimum absolute atomic E-state index is 0.218. The van der Waals surface area contributed by atoms with Crippen molar-refractivity contribution >= 4 is 33.3 Å². The summed E-state index contributed by atoms with van der Waals surface area (Å²) in [7, 11) is 3.96. The normalized spacial score (nSPS) is 11.4. The lowest BCUT2D eigenvalue weighted by molar-refractivity contribution is 0.101. The van der Waals surface area contributed by atoms with E-state index in [1.54, 1.807) is 6.07 Å². The van der Waals surface area contributed by atoms with Gasteiger partial charge in [-0.3, -0.25) is 9.59 Å². The Hall–Kier alpha value is -3.21. The molecule has 0 bridgehead atoms. The first-order valence-electron chi connectivity index (χ1n) is 9.01. The Morgan fingerprint density at radius 3 is 2.44 bits per heavy atom. The number of hydrogen-bond acceptors (Lipinski definition) is 4. The predicted octanol–water partition coefficient (Wildman–Crippen LogP) is 3.94. The predicted molar refractivity (Wildman–Crippen MR) is 110 cm³/mol. The lowest BCUT2D eigenvalue weighted by Crippen LogP contribution is -2.21. The molecular formula is C22H21N3O2. The molecule has 136 valence electrons. The second-order valence-electron chi connectivity index (χ2n) is 6.93. The van der Waals surface area contributed by atoms with Crippen molar-refractivity contribution in [2.24, 2.45) is 0 Å². The second-order valence-corrected chi connectivity index (χ2v) is 6.93. The quantitative estimate of drug-likeness (QED) is 0.316. The SMILES string of the molecule is CCn1c2c(C(C)=O)c(=O)c3ccccc3c-2nc2ccc(N(C)C)cc21. The van der Waals surface area contributed by atoms with Gasteiger partial charge in [0.05, 0.1) is 28.0 Å². The van der Waals surface area contributed by atoms with Crippen molar-refractivity contribution in [2.75, 3.05) is 19.0 Å². The first-order valence-corrected chi connectivity index (χ1v) is 9.01. The molecule has 0 saturated carbocycles. The van der Waals surface area contributed by atoms with Crippen LogP contribution in [0.2, 0.25) is 0 Å². The molecule has 1 heterocycles. The highest BCUT2D eigenvalue weighted by Gasteiger charge is 2.25. The molecule has 1 aliphatic carbocycles. The van der Waals surface area contributed by atoms with Crippen LogP contribution in [0, 0.1) is 0 Å². The van der Waals surface area contributed by atoms with E-state index in [9.17, 15) is 9.59 Å². The van der Waals surface area contributed by atoms with Gasteiger partial charge in [-0.05, 0) is 32.0 Å². The molecule has 0 amide bonds. The fourth-order valence-electron chi connectivity index (χ4n) is 3.75. The summed E-state index contributed by atoms with van der Waals surface area (Å²) in [6.07, 6.45) is 0. The first kappa shape index (κ1) is 17.2. The van der Waals surface area contributed by atoms with E-state index in [0.717, 1.165) is 22.1 Å². The van der Waals surface area contributed by atoms with Gasteiger partial charge in [0.25, 0.3) is 0 Å². The molecule has 0 saturated heterocycles. The standard InChI is InChI=1S/C22H21N3O2/c1-5-25-18-12-14(24(3)4)10-11-17(18)23-20-15-8-6-7-9-16(15)22(27)19(13(2)26)21(20)25/h6-12H,5H2,1-4H3. The highest BCUT2D eigenvalue weighted by molar-refractivity contribution is 6.09. The molecular weight excluding hydrogens is 338 g/mol. The van der Waals surface area contributed by atoms with E-state index in [-0.39, 0.29) is 16.8 Å². The Labute approximate surface area is 157 Å². The van der Waals surface area contributed by atoms with Gasteiger partial charge in [-0.2, -0.15) is 0 Å². The molecule has 0 spiro atoms. The maximum atomic E-state index is 13.1. The lowest BCUT2D eigenvalue weighted by Gasteiger charge is -2.22. The summed E-state index contributed by atoms with van der Waals surface area (Å²) in [4.78, 5) is 32.4. The maximum absolute atomic E-state index is 13.1. The van der Waals surface area contributed by atoms with Gasteiger partial charge in [-0.1, -0.05) is 24.3 Å². The molecule has 0 N–H and O–H groups in total. The van der Waals surface area contributed by atoms with Gasteiger partial charge in [-0.25, -0.2) is 4.98 Å². The summed E-state index contributed by atoms with van der Waals surface area (Å²) in [5, 5.41) is 1.32. The lowest BCUT2D eigenvalue weighted by atomic mass is 9.95. The molecule has 2 aromatic carbocycles. The smallest absolute Gasteiger partial charge is 0.199 e. The van der Waals surface area contributed by atoms with Crippen LogP contribution in [-0.4, -0.2) is 29.4 Å². The van der Waals surface area contributed by atoms with Crippen molar-refractivity contribution in [3.63, 3.8) is 0 Å². The Morgan fingerprint density at radius 1 is 1.11 bits per heavy atom. The summed E-state index contributed by atoms with van der Waals surface area (Å²) in [6, 6.07) is 13.4. The third-order valence-corrected chi connectivity index (χ3v) is 5.05. The van der Waals surface area contributed by atoms with E-state index >= 15 is 0 Å². The van der Waals surface area contributed by atoms with Crippen LogP contribution >= 0.6 is 0 Å². The summed E-state index contributed by atoms with van der Waals surface area (Å²) in [6.45, 7) is 4.10. The van der Waals surface area contributed by atoms with Crippen LogP contribution in [0.1, 0.15) is 24.2 Å². The van der Waals surface area contributed by atoms with Crippen molar-refractivity contribution in [2.45, 2.75) is 20.4 Å². The van der Waals surface area contributed by atoms with Crippen LogP contribution < -0.4 is 10.3 Å². The summed E-state index contributed by atoms with van der Waals surface area (Å²) < 4.78 is 2.04. The van der Waals surface area contributed by atoms with Gasteiger partial charge in [0.1, 0.15) is 0 Å². The summed E-state index contributed by atoms with van der Waals surface area (Å²) in [5.74, 6) is -0.233. The summed E-state index contributed by atoms with van der Waals surface area (Å²) in [5.41, 5.74) is 4.10. The van der Waals surface area contributed by atoms with Gasteiger partial charge < -0.3 is 9.47 Å². The fraction of sp³-hybridized carbons (Fsp3) is 0.227. The molecule has 2 aromatic rings. The molecule has 4 rings (SSSR count). The molecule has 5 nitrogen and oxygen atoms in total. The number of fused-ring (bicyclic) bond motifs is 4. The van der Waals surface area contributed by atoms with Crippen LogP contribution in [0.4, 0.5) is 5.69 Å². The van der Waals surface area contributed by atoms with E-state index in [2.05, 4.69) is 6.07 Å². The van der Waals surface area contributed by atoms with Gasteiger partial charge in [0.2, 0.25) is 0 Å². The molecule has 0 fully saturated rings. The Bertz CT molecular complexity index is 1240. The molecule has 0 unspecified atom stereocenters. The number of benzene rings is 3. The molecule has 1 aliphatic heterocycles. The average Bonchev–Trinajstić information content (AvgIpc) is 2.66. The number of anilines is 1. The van der Waals surface area contributed by atoms with Crippen molar-refractivity contribution in [1.82, 2.24) is 9.55 Å². The van der Waals surface area contributed by atoms with Gasteiger partial charge in [0, 0.05) is 37.1 Å². The van der Waals surface area contributed by atoms with Crippen molar-refractivity contribution in [3.8, 4) is 11.4 Å². The maximum Gasteiger partial charge on any atom is 0.199 e. The van der Waals surface area contributed by atoms with Crippen molar-refractivity contribution < 1.29 is 4.79 Å². The zero-order chi connectivity index (χ0) is 19.3. The zero-order valence-corrected chi connectivity index (χ0v) is 15.9. The number of Topliss-reactive ketones (excluding diaryl/α,β-unsaturated/α-hetero) is 1. The fourth-order valence-corrected chi connectivity index (χ4v) is 3.75. The van der Waals surface area contributed by atoms with Crippen LogP contribution in [-0.2, 0) is 6.54 Å². The van der Waals surface area contributed by atoms with Crippen molar-refractivity contribution in [1.29, 1.82) is 0 Å². The number of ketones is 1.